The Morgan fingerprint density at radius 3 is 2.52 bits per heavy atom. The number of likely N-dealkylation sites (tertiary alicyclic amines) is 1. The van der Waals surface area contributed by atoms with E-state index in [0.717, 1.165) is 24.2 Å². The minimum Gasteiger partial charge on any atom is -0.480 e. The van der Waals surface area contributed by atoms with Crippen LogP contribution in [0.25, 0.3) is 5.69 Å². The molecule has 3 rings (SSSR count). The number of aliphatic carboxylic acids is 1. The molecule has 1 N–H and O–H groups in total. The Bertz CT molecular complexity index is 721. The summed E-state index contributed by atoms with van der Waals surface area (Å²) in [7, 11) is 0. The highest BCUT2D eigenvalue weighted by molar-refractivity contribution is 5.96. The lowest BCUT2D eigenvalue weighted by Gasteiger charge is -2.33. The maximum atomic E-state index is 12.6. The van der Waals surface area contributed by atoms with E-state index >= 15 is 0 Å². The molecule has 1 aromatic heterocycles. The van der Waals surface area contributed by atoms with E-state index in [1.807, 2.05) is 25.1 Å². The van der Waals surface area contributed by atoms with Gasteiger partial charge in [-0.3, -0.25) is 4.79 Å². The van der Waals surface area contributed by atoms with Crippen LogP contribution in [0.5, 0.6) is 0 Å². The van der Waals surface area contributed by atoms with Crippen LogP contribution in [-0.2, 0) is 4.79 Å². The van der Waals surface area contributed by atoms with Crippen LogP contribution < -0.4 is 0 Å². The highest BCUT2D eigenvalue weighted by Gasteiger charge is 2.32. The number of benzene rings is 1. The third kappa shape index (κ3) is 2.97. The number of carboxylic acids is 1. The Labute approximate surface area is 134 Å². The first kappa shape index (κ1) is 15.3. The molecule has 6 nitrogen and oxygen atoms in total. The van der Waals surface area contributed by atoms with Gasteiger partial charge in [0.25, 0.3) is 5.91 Å². The molecule has 0 bridgehead atoms. The molecule has 0 radical (unpaired) electrons. The van der Waals surface area contributed by atoms with E-state index in [9.17, 15) is 14.7 Å². The molecule has 6 heteroatoms. The van der Waals surface area contributed by atoms with E-state index in [4.69, 9.17) is 0 Å². The first-order valence-corrected chi connectivity index (χ1v) is 7.73. The zero-order valence-electron chi connectivity index (χ0n) is 13.0. The van der Waals surface area contributed by atoms with E-state index in [1.165, 1.54) is 4.90 Å². The Morgan fingerprint density at radius 2 is 1.91 bits per heavy atom. The second kappa shape index (κ2) is 6.24. The highest BCUT2D eigenvalue weighted by Crippen LogP contribution is 2.21. The van der Waals surface area contributed by atoms with E-state index in [1.54, 1.807) is 23.0 Å². The summed E-state index contributed by atoms with van der Waals surface area (Å²) in [6.45, 7) is 2.45. The molecular weight excluding hydrogens is 294 g/mol. The quantitative estimate of drug-likeness (QED) is 0.943. The smallest absolute Gasteiger partial charge is 0.326 e. The summed E-state index contributed by atoms with van der Waals surface area (Å²) < 4.78 is 1.79. The van der Waals surface area contributed by atoms with Gasteiger partial charge in [-0.15, -0.1) is 0 Å². The predicted octanol–water partition coefficient (Wildman–Crippen LogP) is 2.26. The van der Waals surface area contributed by atoms with Gasteiger partial charge in [-0.25, -0.2) is 9.48 Å². The fourth-order valence-corrected chi connectivity index (χ4v) is 2.98. The number of nitrogens with zero attached hydrogens (tertiary/aromatic N) is 3. The van der Waals surface area contributed by atoms with Crippen molar-refractivity contribution in [2.45, 2.75) is 32.2 Å². The minimum absolute atomic E-state index is 0.221. The maximum Gasteiger partial charge on any atom is 0.326 e. The number of hydrogen-bond donors (Lipinski definition) is 1. The average Bonchev–Trinajstić information content (AvgIpc) is 3.00. The Balaban J connectivity index is 1.82. The van der Waals surface area contributed by atoms with E-state index < -0.39 is 12.0 Å². The topological polar surface area (TPSA) is 75.4 Å². The number of carbonyl (C=O) groups is 2. The molecule has 0 spiro atoms. The van der Waals surface area contributed by atoms with Crippen LogP contribution in [-0.4, -0.2) is 44.3 Å². The third-order valence-electron chi connectivity index (χ3n) is 4.24. The van der Waals surface area contributed by atoms with E-state index in [-0.39, 0.29) is 5.91 Å². The Hall–Kier alpha value is -2.63. The van der Waals surface area contributed by atoms with Crippen LogP contribution in [0.3, 0.4) is 0 Å². The molecule has 1 amide bonds. The van der Waals surface area contributed by atoms with Crippen molar-refractivity contribution in [3.8, 4) is 5.69 Å². The number of hydrogen-bond acceptors (Lipinski definition) is 3. The molecule has 23 heavy (non-hydrogen) atoms. The fraction of sp³-hybridized carbons (Fsp3) is 0.353. The maximum absolute atomic E-state index is 12.6. The lowest BCUT2D eigenvalue weighted by molar-refractivity contribution is -0.143. The van der Waals surface area contributed by atoms with Gasteiger partial charge < -0.3 is 10.0 Å². The highest BCUT2D eigenvalue weighted by atomic mass is 16.4. The van der Waals surface area contributed by atoms with Crippen LogP contribution in [0.2, 0.25) is 0 Å². The number of piperidine rings is 1. The van der Waals surface area contributed by atoms with Gasteiger partial charge in [0.15, 0.2) is 0 Å². The minimum atomic E-state index is -0.929. The normalized spacial score (nSPS) is 18.0. The van der Waals surface area contributed by atoms with Crippen molar-refractivity contribution >= 4 is 11.9 Å². The summed E-state index contributed by atoms with van der Waals surface area (Å²) in [5.41, 5.74) is 2.38. The summed E-state index contributed by atoms with van der Waals surface area (Å²) >= 11 is 0. The molecule has 1 atom stereocenters. The van der Waals surface area contributed by atoms with Crippen LogP contribution in [0.4, 0.5) is 0 Å². The molecule has 2 heterocycles. The molecule has 120 valence electrons. The van der Waals surface area contributed by atoms with Gasteiger partial charge >= 0.3 is 5.97 Å². The summed E-state index contributed by atoms with van der Waals surface area (Å²) in [6.07, 6.45) is 3.93. The van der Waals surface area contributed by atoms with Gasteiger partial charge in [0.05, 0.1) is 5.69 Å². The van der Waals surface area contributed by atoms with Crippen LogP contribution in [0.15, 0.2) is 36.5 Å². The van der Waals surface area contributed by atoms with Crippen molar-refractivity contribution in [3.05, 3.63) is 47.8 Å². The van der Waals surface area contributed by atoms with Crippen molar-refractivity contribution < 1.29 is 14.7 Å². The molecule has 1 aliphatic rings. The van der Waals surface area contributed by atoms with Gasteiger partial charge in [-0.1, -0.05) is 0 Å². The van der Waals surface area contributed by atoms with Gasteiger partial charge in [0.2, 0.25) is 0 Å². The number of carbonyl (C=O) groups excluding carboxylic acids is 1. The molecule has 0 saturated carbocycles. The van der Waals surface area contributed by atoms with Gasteiger partial charge in [-0.2, -0.15) is 5.10 Å². The SMILES string of the molecule is Cc1ccnn1-c1ccc(C(=O)N2CCCC[C@@H]2C(=O)O)cc1. The van der Waals surface area contributed by atoms with Gasteiger partial charge in [-0.05, 0) is 56.5 Å². The lowest BCUT2D eigenvalue weighted by Crippen LogP contribution is -2.47. The summed E-state index contributed by atoms with van der Waals surface area (Å²) in [5.74, 6) is -1.15. The molecule has 1 fully saturated rings. The molecular formula is C17H19N3O3. The monoisotopic (exact) mass is 313 g/mol. The summed E-state index contributed by atoms with van der Waals surface area (Å²) in [5, 5.41) is 13.5. The third-order valence-corrected chi connectivity index (χ3v) is 4.24. The largest absolute Gasteiger partial charge is 0.480 e. The van der Waals surface area contributed by atoms with Gasteiger partial charge in [0, 0.05) is 24.0 Å². The van der Waals surface area contributed by atoms with E-state index in [2.05, 4.69) is 5.10 Å². The molecule has 0 aliphatic carbocycles. The van der Waals surface area contributed by atoms with E-state index in [0.29, 0.717) is 18.5 Å². The number of aryl methyl sites for hydroxylation is 1. The van der Waals surface area contributed by atoms with Crippen LogP contribution in [0, 0.1) is 6.92 Å². The first-order chi connectivity index (χ1) is 11.1. The van der Waals surface area contributed by atoms with Crippen molar-refractivity contribution in [2.24, 2.45) is 0 Å². The fourth-order valence-electron chi connectivity index (χ4n) is 2.98. The number of aromatic nitrogens is 2. The molecule has 0 unspecified atom stereocenters. The number of carboxylic acid groups (broad SMARTS) is 1. The zero-order chi connectivity index (χ0) is 16.4. The standard InChI is InChI=1S/C17H19N3O3/c1-12-9-10-18-20(12)14-7-5-13(6-8-14)16(21)19-11-3-2-4-15(19)17(22)23/h5-10,15H,2-4,11H2,1H3,(H,22,23)/t15-/m1/s1. The van der Waals surface area contributed by atoms with Gasteiger partial charge in [0.1, 0.15) is 6.04 Å². The molecule has 1 aromatic carbocycles. The average molecular weight is 313 g/mol. The van der Waals surface area contributed by atoms with Crippen molar-refractivity contribution in [3.63, 3.8) is 0 Å². The molecule has 1 aliphatic heterocycles. The Kier molecular flexibility index (Phi) is 4.14. The number of amides is 1. The molecule has 2 aromatic rings. The van der Waals surface area contributed by atoms with Crippen molar-refractivity contribution in [2.75, 3.05) is 6.54 Å². The van der Waals surface area contributed by atoms with Crippen LogP contribution in [0.1, 0.15) is 35.3 Å². The predicted molar refractivity (Wildman–Crippen MR) is 84.6 cm³/mol. The van der Waals surface area contributed by atoms with Crippen molar-refractivity contribution in [1.82, 2.24) is 14.7 Å². The van der Waals surface area contributed by atoms with Crippen molar-refractivity contribution in [1.29, 1.82) is 0 Å². The second-order valence-electron chi connectivity index (χ2n) is 5.78. The van der Waals surface area contributed by atoms with Crippen LogP contribution >= 0.6 is 0 Å². The zero-order valence-corrected chi connectivity index (χ0v) is 13.0. The number of rotatable bonds is 3. The second-order valence-corrected chi connectivity index (χ2v) is 5.78. The summed E-state index contributed by atoms with van der Waals surface area (Å²) in [4.78, 5) is 25.4. The summed E-state index contributed by atoms with van der Waals surface area (Å²) in [6, 6.07) is 8.30. The lowest BCUT2D eigenvalue weighted by atomic mass is 10.0. The Morgan fingerprint density at radius 1 is 1.17 bits per heavy atom. The first-order valence-electron chi connectivity index (χ1n) is 7.73. The molecule has 1 saturated heterocycles.